The number of hydrogen-bond donors (Lipinski definition) is 1. The van der Waals surface area contributed by atoms with Gasteiger partial charge in [-0.2, -0.15) is 13.2 Å². The van der Waals surface area contributed by atoms with Gasteiger partial charge in [0.05, 0.1) is 11.5 Å². The summed E-state index contributed by atoms with van der Waals surface area (Å²) in [5.41, 5.74) is -0.284. The lowest BCUT2D eigenvalue weighted by Crippen LogP contribution is -2.42. The molecule has 132 valence electrons. The Balaban J connectivity index is 2.02. The summed E-state index contributed by atoms with van der Waals surface area (Å²) < 4.78 is 38.3. The molecule has 1 aliphatic heterocycles. The van der Waals surface area contributed by atoms with Gasteiger partial charge in [-0.1, -0.05) is 25.1 Å². The van der Waals surface area contributed by atoms with E-state index >= 15 is 0 Å². The van der Waals surface area contributed by atoms with E-state index in [9.17, 15) is 22.8 Å². The predicted molar refractivity (Wildman–Crippen MR) is 81.4 cm³/mol. The second-order valence-corrected chi connectivity index (χ2v) is 6.25. The number of alkyl halides is 3. The van der Waals surface area contributed by atoms with E-state index in [1.165, 1.54) is 11.0 Å². The monoisotopic (exact) mass is 343 g/mol. The Kier molecular flexibility index (Phi) is 5.51. The van der Waals surface area contributed by atoms with Crippen molar-refractivity contribution in [3.8, 4) is 0 Å². The highest BCUT2D eigenvalue weighted by Crippen LogP contribution is 2.32. The highest BCUT2D eigenvalue weighted by atomic mass is 19.4. The van der Waals surface area contributed by atoms with Crippen molar-refractivity contribution in [3.63, 3.8) is 0 Å². The molecule has 2 rings (SSSR count). The number of aliphatic carboxylic acids is 1. The van der Waals surface area contributed by atoms with Gasteiger partial charge in [-0.15, -0.1) is 0 Å². The highest BCUT2D eigenvalue weighted by molar-refractivity contribution is 5.78. The molecule has 1 heterocycles. The fourth-order valence-corrected chi connectivity index (χ4v) is 2.94. The minimum atomic E-state index is -4.42. The van der Waals surface area contributed by atoms with Gasteiger partial charge in [-0.3, -0.25) is 9.59 Å². The van der Waals surface area contributed by atoms with Crippen molar-refractivity contribution in [2.45, 2.75) is 38.3 Å². The Hall–Kier alpha value is -2.05. The number of carboxylic acids is 1. The summed E-state index contributed by atoms with van der Waals surface area (Å²) in [4.78, 5) is 24.9. The fraction of sp³-hybridized carbons (Fsp3) is 0.529. The van der Waals surface area contributed by atoms with Crippen LogP contribution in [0.2, 0.25) is 0 Å². The lowest BCUT2D eigenvalue weighted by atomic mass is 9.93. The van der Waals surface area contributed by atoms with Gasteiger partial charge in [-0.05, 0) is 30.4 Å². The molecule has 0 spiro atoms. The summed E-state index contributed by atoms with van der Waals surface area (Å²) >= 11 is 0. The number of carboxylic acid groups (broad SMARTS) is 1. The molecule has 24 heavy (non-hydrogen) atoms. The zero-order chi connectivity index (χ0) is 17.9. The quantitative estimate of drug-likeness (QED) is 0.910. The largest absolute Gasteiger partial charge is 0.481 e. The molecule has 0 bridgehead atoms. The van der Waals surface area contributed by atoms with E-state index in [0.29, 0.717) is 24.9 Å². The van der Waals surface area contributed by atoms with Crippen LogP contribution < -0.4 is 0 Å². The van der Waals surface area contributed by atoms with E-state index in [1.807, 2.05) is 0 Å². The third-order valence-electron chi connectivity index (χ3n) is 4.39. The number of piperidine rings is 1. The number of halogens is 3. The van der Waals surface area contributed by atoms with Crippen molar-refractivity contribution in [1.29, 1.82) is 0 Å². The zero-order valence-corrected chi connectivity index (χ0v) is 13.3. The third-order valence-corrected chi connectivity index (χ3v) is 4.39. The Morgan fingerprint density at radius 3 is 2.71 bits per heavy atom. The van der Waals surface area contributed by atoms with E-state index in [1.54, 1.807) is 13.0 Å². The van der Waals surface area contributed by atoms with Crippen molar-refractivity contribution in [2.24, 2.45) is 5.92 Å². The van der Waals surface area contributed by atoms with Crippen LogP contribution in [0, 0.1) is 5.92 Å². The lowest BCUT2D eigenvalue weighted by molar-refractivity contribution is -0.145. The standard InChI is InChI=1S/C17H20F3NO3/c1-11(12-4-2-6-14(9-12)17(18,19)20)8-15(22)21-7-3-5-13(10-21)16(23)24/h2,4,6,9,11,13H,3,5,7-8,10H2,1H3,(H,23,24)/t11?,13-/m0/s1. The van der Waals surface area contributed by atoms with Gasteiger partial charge in [0.25, 0.3) is 0 Å². The van der Waals surface area contributed by atoms with Gasteiger partial charge in [0, 0.05) is 19.5 Å². The molecular formula is C17H20F3NO3. The Bertz CT molecular complexity index is 615. The molecule has 1 saturated heterocycles. The molecule has 0 aromatic heterocycles. The first-order chi connectivity index (χ1) is 11.2. The summed E-state index contributed by atoms with van der Waals surface area (Å²) in [5.74, 6) is -2.07. The first-order valence-electron chi connectivity index (χ1n) is 7.86. The molecule has 1 unspecified atom stereocenters. The zero-order valence-electron chi connectivity index (χ0n) is 13.3. The topological polar surface area (TPSA) is 57.6 Å². The second-order valence-electron chi connectivity index (χ2n) is 6.25. The van der Waals surface area contributed by atoms with Crippen LogP contribution in [-0.2, 0) is 15.8 Å². The van der Waals surface area contributed by atoms with Crippen LogP contribution in [-0.4, -0.2) is 35.0 Å². The molecule has 0 aliphatic carbocycles. The molecule has 1 N–H and O–H groups in total. The smallest absolute Gasteiger partial charge is 0.416 e. The summed E-state index contributed by atoms with van der Waals surface area (Å²) in [5, 5.41) is 9.06. The molecule has 1 aliphatic rings. The van der Waals surface area contributed by atoms with E-state index in [2.05, 4.69) is 0 Å². The first kappa shape index (κ1) is 18.3. The number of amides is 1. The molecule has 1 amide bonds. The predicted octanol–water partition coefficient (Wildman–Crippen LogP) is 3.52. The maximum absolute atomic E-state index is 12.8. The molecule has 1 fully saturated rings. The number of carbonyl (C=O) groups is 2. The normalized spacial score (nSPS) is 19.8. The number of carbonyl (C=O) groups excluding carboxylic acids is 1. The molecule has 2 atom stereocenters. The fourth-order valence-electron chi connectivity index (χ4n) is 2.94. The summed E-state index contributed by atoms with van der Waals surface area (Å²) in [6, 6.07) is 4.97. The van der Waals surface area contributed by atoms with Crippen molar-refractivity contribution in [3.05, 3.63) is 35.4 Å². The van der Waals surface area contributed by atoms with Gasteiger partial charge in [0.2, 0.25) is 5.91 Å². The van der Waals surface area contributed by atoms with Gasteiger partial charge >= 0.3 is 12.1 Å². The van der Waals surface area contributed by atoms with Gasteiger partial charge in [0.15, 0.2) is 0 Å². The van der Waals surface area contributed by atoms with Crippen LogP contribution >= 0.6 is 0 Å². The van der Waals surface area contributed by atoms with Crippen LogP contribution in [0.3, 0.4) is 0 Å². The van der Waals surface area contributed by atoms with Crippen molar-refractivity contribution >= 4 is 11.9 Å². The molecule has 1 aromatic rings. The lowest BCUT2D eigenvalue weighted by Gasteiger charge is -2.31. The molecule has 7 heteroatoms. The Morgan fingerprint density at radius 2 is 2.08 bits per heavy atom. The summed E-state index contributed by atoms with van der Waals surface area (Å²) in [7, 11) is 0. The summed E-state index contributed by atoms with van der Waals surface area (Å²) in [6.45, 7) is 2.37. The number of rotatable bonds is 4. The van der Waals surface area contributed by atoms with E-state index in [4.69, 9.17) is 5.11 Å². The molecule has 4 nitrogen and oxygen atoms in total. The van der Waals surface area contributed by atoms with Crippen molar-refractivity contribution < 1.29 is 27.9 Å². The minimum absolute atomic E-state index is 0.0631. The van der Waals surface area contributed by atoms with Crippen molar-refractivity contribution in [2.75, 3.05) is 13.1 Å². The SMILES string of the molecule is CC(CC(=O)N1CCC[C@H](C(=O)O)C1)c1cccc(C(F)(F)F)c1. The molecular weight excluding hydrogens is 323 g/mol. The highest BCUT2D eigenvalue weighted by Gasteiger charge is 2.31. The van der Waals surface area contributed by atoms with Gasteiger partial charge in [-0.25, -0.2) is 0 Å². The summed E-state index contributed by atoms with van der Waals surface area (Å²) in [6.07, 6.45) is -3.18. The van der Waals surface area contributed by atoms with Crippen molar-refractivity contribution in [1.82, 2.24) is 4.90 Å². The number of nitrogens with zero attached hydrogens (tertiary/aromatic N) is 1. The molecule has 1 aromatic carbocycles. The third kappa shape index (κ3) is 4.49. The maximum atomic E-state index is 12.8. The Labute approximate surface area is 138 Å². The first-order valence-corrected chi connectivity index (χ1v) is 7.86. The van der Waals surface area contributed by atoms with Crippen LogP contribution in [0.15, 0.2) is 24.3 Å². The van der Waals surface area contributed by atoms with Gasteiger partial charge < -0.3 is 10.0 Å². The number of hydrogen-bond acceptors (Lipinski definition) is 2. The number of likely N-dealkylation sites (tertiary alicyclic amines) is 1. The average Bonchev–Trinajstić information content (AvgIpc) is 2.54. The van der Waals surface area contributed by atoms with E-state index in [0.717, 1.165) is 12.1 Å². The molecule has 0 radical (unpaired) electrons. The molecule has 0 saturated carbocycles. The average molecular weight is 343 g/mol. The van der Waals surface area contributed by atoms with E-state index < -0.39 is 23.6 Å². The second kappa shape index (κ2) is 7.23. The van der Waals surface area contributed by atoms with Crippen LogP contribution in [0.1, 0.15) is 43.2 Å². The minimum Gasteiger partial charge on any atom is -0.481 e. The van der Waals surface area contributed by atoms with Gasteiger partial charge in [0.1, 0.15) is 0 Å². The van der Waals surface area contributed by atoms with Crippen LogP contribution in [0.4, 0.5) is 13.2 Å². The van der Waals surface area contributed by atoms with Crippen LogP contribution in [0.25, 0.3) is 0 Å². The van der Waals surface area contributed by atoms with E-state index in [-0.39, 0.29) is 24.8 Å². The number of benzene rings is 1. The Morgan fingerprint density at radius 1 is 1.38 bits per heavy atom. The van der Waals surface area contributed by atoms with Crippen LogP contribution in [0.5, 0.6) is 0 Å². The maximum Gasteiger partial charge on any atom is 0.416 e.